The molecule has 0 unspecified atom stereocenters. The Morgan fingerprint density at radius 1 is 0.839 bits per heavy atom. The molecule has 0 radical (unpaired) electrons. The van der Waals surface area contributed by atoms with E-state index in [0.717, 1.165) is 0 Å². The zero-order valence-electron chi connectivity index (χ0n) is 17.5. The number of rotatable bonds is 5. The van der Waals surface area contributed by atoms with E-state index in [1.54, 1.807) is 30.0 Å². The van der Waals surface area contributed by atoms with Crippen LogP contribution in [0.4, 0.5) is 5.69 Å². The second-order valence-electron chi connectivity index (χ2n) is 7.78. The van der Waals surface area contributed by atoms with Gasteiger partial charge in [-0.1, -0.05) is 72.8 Å². The molecule has 0 spiro atoms. The van der Waals surface area contributed by atoms with Crippen LogP contribution in [0.5, 0.6) is 0 Å². The lowest BCUT2D eigenvalue weighted by Gasteiger charge is -2.39. The third-order valence-corrected chi connectivity index (χ3v) is 5.85. The largest absolute Gasteiger partial charge is 0.336 e. The molecule has 158 valence electrons. The van der Waals surface area contributed by atoms with Gasteiger partial charge in [-0.05, 0) is 24.1 Å². The van der Waals surface area contributed by atoms with Crippen molar-refractivity contribution in [2.45, 2.75) is 13.0 Å². The fourth-order valence-corrected chi connectivity index (χ4v) is 4.31. The molecule has 1 fully saturated rings. The van der Waals surface area contributed by atoms with Crippen LogP contribution in [0.3, 0.4) is 0 Å². The van der Waals surface area contributed by atoms with E-state index in [4.69, 9.17) is 0 Å². The van der Waals surface area contributed by atoms with Crippen LogP contribution in [0.1, 0.15) is 33.1 Å². The van der Waals surface area contributed by atoms with Crippen LogP contribution in [0.15, 0.2) is 78.9 Å². The Balaban J connectivity index is 1.54. The van der Waals surface area contributed by atoms with Crippen molar-refractivity contribution in [2.24, 2.45) is 0 Å². The van der Waals surface area contributed by atoms with Crippen LogP contribution >= 0.6 is 0 Å². The molecule has 4 rings (SSSR count). The van der Waals surface area contributed by atoms with Crippen molar-refractivity contribution >= 4 is 11.6 Å². The minimum Gasteiger partial charge on any atom is -0.336 e. The molecule has 6 heteroatoms. The first-order valence-electron chi connectivity index (χ1n) is 10.4. The highest BCUT2D eigenvalue weighted by Crippen LogP contribution is 2.30. The molecule has 1 heterocycles. The zero-order chi connectivity index (χ0) is 21.8. The van der Waals surface area contributed by atoms with Gasteiger partial charge in [0.25, 0.3) is 11.6 Å². The molecule has 3 aromatic carbocycles. The molecule has 31 heavy (non-hydrogen) atoms. The van der Waals surface area contributed by atoms with Gasteiger partial charge in [0.1, 0.15) is 5.56 Å². The summed E-state index contributed by atoms with van der Waals surface area (Å²) in [6.45, 7) is 4.11. The van der Waals surface area contributed by atoms with Crippen molar-refractivity contribution in [2.75, 3.05) is 26.2 Å². The Kier molecular flexibility index (Phi) is 6.09. The molecule has 6 nitrogen and oxygen atoms in total. The molecule has 3 aromatic rings. The van der Waals surface area contributed by atoms with Crippen LogP contribution in [0.2, 0.25) is 0 Å². The highest BCUT2D eigenvalue weighted by molar-refractivity contribution is 5.98. The van der Waals surface area contributed by atoms with E-state index in [9.17, 15) is 14.9 Å². The number of hydrogen-bond donors (Lipinski definition) is 0. The van der Waals surface area contributed by atoms with Gasteiger partial charge in [0.2, 0.25) is 0 Å². The van der Waals surface area contributed by atoms with Crippen molar-refractivity contribution in [3.63, 3.8) is 0 Å². The Morgan fingerprint density at radius 3 is 1.90 bits per heavy atom. The monoisotopic (exact) mass is 415 g/mol. The smallest absolute Gasteiger partial charge is 0.285 e. The van der Waals surface area contributed by atoms with Crippen LogP contribution < -0.4 is 0 Å². The predicted molar refractivity (Wildman–Crippen MR) is 120 cm³/mol. The topological polar surface area (TPSA) is 66.7 Å². The van der Waals surface area contributed by atoms with E-state index in [1.165, 1.54) is 11.1 Å². The number of piperazine rings is 1. The van der Waals surface area contributed by atoms with E-state index in [0.29, 0.717) is 31.7 Å². The lowest BCUT2D eigenvalue weighted by atomic mass is 9.96. The highest BCUT2D eigenvalue weighted by atomic mass is 16.6. The van der Waals surface area contributed by atoms with Crippen LogP contribution in [-0.2, 0) is 0 Å². The molecular weight excluding hydrogens is 390 g/mol. The summed E-state index contributed by atoms with van der Waals surface area (Å²) in [7, 11) is 0. The van der Waals surface area contributed by atoms with E-state index < -0.39 is 4.92 Å². The number of para-hydroxylation sites is 1. The molecule has 1 saturated heterocycles. The third kappa shape index (κ3) is 4.34. The number of amides is 1. The standard InChI is InChI=1S/C25H25N3O3/c1-19-9-8-14-22(23(19)28(30)31)25(29)27-17-15-26(16-18-27)24(20-10-4-2-5-11-20)21-12-6-3-7-13-21/h2-14,24H,15-18H2,1H3. The number of carbonyl (C=O) groups excluding carboxylic acids is 1. The Labute approximate surface area is 181 Å². The first-order valence-corrected chi connectivity index (χ1v) is 10.4. The van der Waals surface area contributed by atoms with Gasteiger partial charge in [-0.15, -0.1) is 0 Å². The minimum atomic E-state index is -0.459. The third-order valence-electron chi connectivity index (χ3n) is 5.85. The first kappa shape index (κ1) is 20.8. The van der Waals surface area contributed by atoms with Gasteiger partial charge in [0.15, 0.2) is 0 Å². The van der Waals surface area contributed by atoms with Gasteiger partial charge >= 0.3 is 0 Å². The summed E-state index contributed by atoms with van der Waals surface area (Å²) in [5.41, 5.74) is 3.00. The minimum absolute atomic E-state index is 0.0959. The fourth-order valence-electron chi connectivity index (χ4n) is 4.31. The number of nitro groups is 1. The number of nitrogens with zero attached hydrogens (tertiary/aromatic N) is 3. The van der Waals surface area contributed by atoms with Crippen molar-refractivity contribution in [1.82, 2.24) is 9.80 Å². The molecule has 0 bridgehead atoms. The number of carbonyl (C=O) groups is 1. The second kappa shape index (κ2) is 9.10. The first-order chi connectivity index (χ1) is 15.1. The average molecular weight is 415 g/mol. The van der Waals surface area contributed by atoms with E-state index in [1.807, 2.05) is 36.4 Å². The van der Waals surface area contributed by atoms with Gasteiger partial charge in [-0.3, -0.25) is 19.8 Å². The van der Waals surface area contributed by atoms with Crippen molar-refractivity contribution in [1.29, 1.82) is 0 Å². The maximum absolute atomic E-state index is 13.1. The summed E-state index contributed by atoms with van der Waals surface area (Å²) in [6.07, 6.45) is 0. The maximum atomic E-state index is 13.1. The molecule has 1 aliphatic rings. The van der Waals surface area contributed by atoms with Crippen molar-refractivity contribution < 1.29 is 9.72 Å². The number of nitro benzene ring substituents is 1. The normalized spacial score (nSPS) is 14.6. The van der Waals surface area contributed by atoms with Gasteiger partial charge in [-0.25, -0.2) is 0 Å². The predicted octanol–water partition coefficient (Wildman–Crippen LogP) is 4.45. The fraction of sp³-hybridized carbons (Fsp3) is 0.240. The van der Waals surface area contributed by atoms with E-state index in [2.05, 4.69) is 29.2 Å². The number of aryl methyl sites for hydroxylation is 1. The summed E-state index contributed by atoms with van der Waals surface area (Å²) in [5.74, 6) is -0.272. The second-order valence-corrected chi connectivity index (χ2v) is 7.78. The van der Waals surface area contributed by atoms with Gasteiger partial charge < -0.3 is 4.90 Å². The molecule has 0 aromatic heterocycles. The molecule has 0 aliphatic carbocycles. The summed E-state index contributed by atoms with van der Waals surface area (Å²) in [5, 5.41) is 11.5. The maximum Gasteiger partial charge on any atom is 0.285 e. The summed E-state index contributed by atoms with van der Waals surface area (Å²) < 4.78 is 0. The van der Waals surface area contributed by atoms with Crippen LogP contribution in [0, 0.1) is 17.0 Å². The van der Waals surface area contributed by atoms with Crippen LogP contribution in [-0.4, -0.2) is 46.8 Å². The lowest BCUT2D eigenvalue weighted by Crippen LogP contribution is -2.50. The molecule has 1 aliphatic heterocycles. The highest BCUT2D eigenvalue weighted by Gasteiger charge is 2.31. The Hall–Kier alpha value is -3.51. The zero-order valence-corrected chi connectivity index (χ0v) is 17.5. The van der Waals surface area contributed by atoms with Gasteiger partial charge in [-0.2, -0.15) is 0 Å². The number of benzene rings is 3. The number of hydrogen-bond acceptors (Lipinski definition) is 4. The summed E-state index contributed by atoms with van der Waals surface area (Å²) >= 11 is 0. The molecule has 0 saturated carbocycles. The van der Waals surface area contributed by atoms with Gasteiger partial charge in [0, 0.05) is 31.7 Å². The lowest BCUT2D eigenvalue weighted by molar-refractivity contribution is -0.385. The molecular formula is C25H25N3O3. The average Bonchev–Trinajstić information content (AvgIpc) is 2.80. The summed E-state index contributed by atoms with van der Waals surface area (Å²) in [6, 6.07) is 25.7. The van der Waals surface area contributed by atoms with E-state index >= 15 is 0 Å². The van der Waals surface area contributed by atoms with Crippen molar-refractivity contribution in [3.8, 4) is 0 Å². The summed E-state index contributed by atoms with van der Waals surface area (Å²) in [4.78, 5) is 28.3. The van der Waals surface area contributed by atoms with Gasteiger partial charge in [0.05, 0.1) is 11.0 Å². The van der Waals surface area contributed by atoms with Crippen molar-refractivity contribution in [3.05, 3.63) is 111 Å². The molecule has 0 atom stereocenters. The van der Waals surface area contributed by atoms with E-state index in [-0.39, 0.29) is 23.2 Å². The molecule has 0 N–H and O–H groups in total. The molecule has 1 amide bonds. The quantitative estimate of drug-likeness (QED) is 0.456. The Morgan fingerprint density at radius 2 is 1.39 bits per heavy atom. The van der Waals surface area contributed by atoms with Crippen LogP contribution in [0.25, 0.3) is 0 Å². The Bertz CT molecular complexity index is 1020. The SMILES string of the molecule is Cc1cccc(C(=O)N2CCN(C(c3ccccc3)c3ccccc3)CC2)c1[N+](=O)[O-].